The number of carbonyl (C=O) groups excluding carboxylic acids is 1. The second-order valence-electron chi connectivity index (χ2n) is 5.58. The quantitative estimate of drug-likeness (QED) is 0.876. The number of rotatable bonds is 3. The molecule has 1 saturated heterocycles. The van der Waals surface area contributed by atoms with Gasteiger partial charge in [0.05, 0.1) is 17.0 Å². The maximum Gasteiger partial charge on any atom is 0.321 e. The van der Waals surface area contributed by atoms with Gasteiger partial charge in [-0.3, -0.25) is 5.32 Å². The van der Waals surface area contributed by atoms with E-state index in [0.717, 1.165) is 5.01 Å². The number of amides is 2. The minimum atomic E-state index is -3.05. The molecule has 0 saturated carbocycles. The predicted molar refractivity (Wildman–Crippen MR) is 77.8 cm³/mol. The average molecular weight is 318 g/mol. The van der Waals surface area contributed by atoms with Gasteiger partial charge in [-0.05, 0) is 13.3 Å². The first-order valence-electron chi connectivity index (χ1n) is 6.32. The molecule has 7 nitrogen and oxygen atoms in total. The van der Waals surface area contributed by atoms with Gasteiger partial charge in [-0.25, -0.2) is 13.2 Å². The van der Waals surface area contributed by atoms with E-state index in [1.54, 1.807) is 6.92 Å². The van der Waals surface area contributed by atoms with Crippen LogP contribution in [0.2, 0.25) is 0 Å². The topological polar surface area (TPSA) is 101 Å². The van der Waals surface area contributed by atoms with Crippen molar-refractivity contribution in [2.45, 2.75) is 38.6 Å². The summed E-state index contributed by atoms with van der Waals surface area (Å²) in [5, 5.41) is 14.4. The number of urea groups is 1. The standard InChI is InChI=1S/C11H18N4O3S2/c1-7(2)8-14-15-10(19-8)12-9(16)13-11(3)4-5-20(17,18)6-11/h7H,4-6H2,1-3H3,(H2,12,13,15,16)/t11-/m0/s1. The van der Waals surface area contributed by atoms with Gasteiger partial charge in [-0.15, -0.1) is 10.2 Å². The highest BCUT2D eigenvalue weighted by atomic mass is 32.2. The van der Waals surface area contributed by atoms with Gasteiger partial charge in [0.1, 0.15) is 5.01 Å². The molecular weight excluding hydrogens is 300 g/mol. The van der Waals surface area contributed by atoms with Crippen molar-refractivity contribution in [2.75, 3.05) is 16.8 Å². The molecule has 112 valence electrons. The van der Waals surface area contributed by atoms with E-state index in [9.17, 15) is 13.2 Å². The lowest BCUT2D eigenvalue weighted by Gasteiger charge is -2.23. The van der Waals surface area contributed by atoms with Gasteiger partial charge in [-0.2, -0.15) is 0 Å². The number of nitrogens with zero attached hydrogens (tertiary/aromatic N) is 2. The van der Waals surface area contributed by atoms with Crippen LogP contribution in [0, 0.1) is 0 Å². The molecule has 1 aliphatic rings. The fraction of sp³-hybridized carbons (Fsp3) is 0.727. The monoisotopic (exact) mass is 318 g/mol. The van der Waals surface area contributed by atoms with Crippen molar-refractivity contribution >= 4 is 32.3 Å². The van der Waals surface area contributed by atoms with E-state index in [2.05, 4.69) is 20.8 Å². The summed E-state index contributed by atoms with van der Waals surface area (Å²) in [5.74, 6) is 0.338. The zero-order chi connectivity index (χ0) is 15.0. The van der Waals surface area contributed by atoms with E-state index in [0.29, 0.717) is 11.6 Å². The first-order chi connectivity index (χ1) is 9.19. The Morgan fingerprint density at radius 2 is 2.10 bits per heavy atom. The highest BCUT2D eigenvalue weighted by Crippen LogP contribution is 2.24. The van der Waals surface area contributed by atoms with Gasteiger partial charge < -0.3 is 5.32 Å². The molecule has 0 radical (unpaired) electrons. The Morgan fingerprint density at radius 1 is 1.40 bits per heavy atom. The maximum atomic E-state index is 11.9. The summed E-state index contributed by atoms with van der Waals surface area (Å²) in [4.78, 5) is 11.9. The highest BCUT2D eigenvalue weighted by molar-refractivity contribution is 7.91. The molecule has 9 heteroatoms. The van der Waals surface area contributed by atoms with Gasteiger partial charge in [0, 0.05) is 5.92 Å². The first kappa shape index (κ1) is 15.2. The number of hydrogen-bond donors (Lipinski definition) is 2. The summed E-state index contributed by atoms with van der Waals surface area (Å²) >= 11 is 1.31. The van der Waals surface area contributed by atoms with E-state index in [1.807, 2.05) is 13.8 Å². The molecule has 1 atom stereocenters. The Bertz CT molecular complexity index is 611. The molecule has 20 heavy (non-hydrogen) atoms. The smallest absolute Gasteiger partial charge is 0.321 e. The zero-order valence-electron chi connectivity index (χ0n) is 11.6. The van der Waals surface area contributed by atoms with Crippen molar-refractivity contribution in [3.8, 4) is 0 Å². The summed E-state index contributed by atoms with van der Waals surface area (Å²) in [7, 11) is -3.05. The molecular formula is C11H18N4O3S2. The summed E-state index contributed by atoms with van der Waals surface area (Å²) in [6.07, 6.45) is 0.427. The minimum Gasteiger partial charge on any atom is -0.332 e. The third-order valence-electron chi connectivity index (χ3n) is 3.07. The highest BCUT2D eigenvalue weighted by Gasteiger charge is 2.39. The van der Waals surface area contributed by atoms with Crippen molar-refractivity contribution < 1.29 is 13.2 Å². The van der Waals surface area contributed by atoms with Crippen molar-refractivity contribution in [1.29, 1.82) is 0 Å². The van der Waals surface area contributed by atoms with Gasteiger partial charge >= 0.3 is 6.03 Å². The largest absolute Gasteiger partial charge is 0.332 e. The second-order valence-corrected chi connectivity index (χ2v) is 8.78. The van der Waals surface area contributed by atoms with Crippen molar-refractivity contribution in [1.82, 2.24) is 15.5 Å². The number of hydrogen-bond acceptors (Lipinski definition) is 6. The summed E-state index contributed by atoms with van der Waals surface area (Å²) in [5.41, 5.74) is -0.714. The van der Waals surface area contributed by atoms with E-state index in [1.165, 1.54) is 11.3 Å². The van der Waals surface area contributed by atoms with Gasteiger partial charge in [0.2, 0.25) is 5.13 Å². The zero-order valence-corrected chi connectivity index (χ0v) is 13.3. The molecule has 0 aliphatic carbocycles. The average Bonchev–Trinajstić information content (AvgIpc) is 2.83. The molecule has 1 aromatic rings. The van der Waals surface area contributed by atoms with Crippen LogP contribution < -0.4 is 10.6 Å². The molecule has 1 aromatic heterocycles. The van der Waals surface area contributed by atoms with Gasteiger partial charge in [0.25, 0.3) is 0 Å². The SMILES string of the molecule is CC(C)c1nnc(NC(=O)N[C@@]2(C)CCS(=O)(=O)C2)s1. The lowest BCUT2D eigenvalue weighted by Crippen LogP contribution is -2.48. The van der Waals surface area contributed by atoms with Crippen LogP contribution in [0.15, 0.2) is 0 Å². The molecule has 1 fully saturated rings. The third kappa shape index (κ3) is 3.66. The van der Waals surface area contributed by atoms with Crippen LogP contribution in [0.25, 0.3) is 0 Å². The normalized spacial score (nSPS) is 24.8. The van der Waals surface area contributed by atoms with E-state index in [-0.39, 0.29) is 17.4 Å². The first-order valence-corrected chi connectivity index (χ1v) is 8.96. The molecule has 1 aliphatic heterocycles. The van der Waals surface area contributed by atoms with Crippen molar-refractivity contribution in [3.05, 3.63) is 5.01 Å². The molecule has 2 heterocycles. The maximum absolute atomic E-state index is 11.9. The number of aromatic nitrogens is 2. The van der Waals surface area contributed by atoms with Crippen LogP contribution in [0.5, 0.6) is 0 Å². The van der Waals surface area contributed by atoms with Crippen LogP contribution in [-0.4, -0.2) is 41.7 Å². The van der Waals surface area contributed by atoms with Crippen molar-refractivity contribution in [2.24, 2.45) is 0 Å². The summed E-state index contributed by atoms with van der Waals surface area (Å²) in [6.45, 7) is 5.72. The Morgan fingerprint density at radius 3 is 2.60 bits per heavy atom. The molecule has 2 rings (SSSR count). The van der Waals surface area contributed by atoms with Crippen LogP contribution in [0.4, 0.5) is 9.93 Å². The van der Waals surface area contributed by atoms with Crippen LogP contribution >= 0.6 is 11.3 Å². The van der Waals surface area contributed by atoms with Gasteiger partial charge in [-0.1, -0.05) is 25.2 Å². The Labute approximate surface area is 122 Å². The number of sulfone groups is 1. The second kappa shape index (κ2) is 5.28. The fourth-order valence-electron chi connectivity index (χ4n) is 2.03. The molecule has 0 aromatic carbocycles. The Balaban J connectivity index is 1.95. The van der Waals surface area contributed by atoms with Crippen molar-refractivity contribution in [3.63, 3.8) is 0 Å². The number of carbonyl (C=O) groups is 1. The van der Waals surface area contributed by atoms with Crippen LogP contribution in [0.1, 0.15) is 38.1 Å². The van der Waals surface area contributed by atoms with Crippen LogP contribution in [-0.2, 0) is 9.84 Å². The fourth-order valence-corrected chi connectivity index (χ4v) is 4.86. The Kier molecular flexibility index (Phi) is 4.01. The van der Waals surface area contributed by atoms with E-state index in [4.69, 9.17) is 0 Å². The molecule has 0 bridgehead atoms. The Hall–Kier alpha value is -1.22. The lowest BCUT2D eigenvalue weighted by molar-refractivity contribution is 0.242. The van der Waals surface area contributed by atoms with E-state index >= 15 is 0 Å². The predicted octanol–water partition coefficient (Wildman–Crippen LogP) is 1.36. The molecule has 0 unspecified atom stereocenters. The number of nitrogens with one attached hydrogen (secondary N) is 2. The summed E-state index contributed by atoms with van der Waals surface area (Å²) in [6, 6.07) is -0.448. The number of anilines is 1. The van der Waals surface area contributed by atoms with Crippen LogP contribution in [0.3, 0.4) is 0 Å². The van der Waals surface area contributed by atoms with E-state index < -0.39 is 21.4 Å². The molecule has 0 spiro atoms. The minimum absolute atomic E-state index is 0.0270. The molecule has 2 amide bonds. The summed E-state index contributed by atoms with van der Waals surface area (Å²) < 4.78 is 22.9. The van der Waals surface area contributed by atoms with Gasteiger partial charge in [0.15, 0.2) is 9.84 Å². The molecule has 2 N–H and O–H groups in total. The lowest BCUT2D eigenvalue weighted by atomic mass is 10.0. The third-order valence-corrected chi connectivity index (χ3v) is 6.12.